The molecule has 0 amide bonds. The summed E-state index contributed by atoms with van der Waals surface area (Å²) in [5.74, 6) is -0.436. The average Bonchev–Trinajstić information content (AvgIpc) is 1.79. The number of carbonyl (C=O) groups excluding carboxylic acids is 1. The molecule has 0 saturated heterocycles. The van der Waals surface area contributed by atoms with Crippen molar-refractivity contribution >= 4 is 5.97 Å². The first-order valence-electron chi connectivity index (χ1n) is 2.96. The zero-order valence-electron chi connectivity index (χ0n) is 5.26. The SMILES string of the molecule is COC(=O)C1CC(F)C1. The van der Waals surface area contributed by atoms with Gasteiger partial charge in [-0.25, -0.2) is 4.39 Å². The second-order valence-electron chi connectivity index (χ2n) is 2.29. The maximum Gasteiger partial charge on any atom is 0.308 e. The lowest BCUT2D eigenvalue weighted by atomic mass is 9.84. The number of rotatable bonds is 1. The van der Waals surface area contributed by atoms with Gasteiger partial charge in [0.25, 0.3) is 0 Å². The summed E-state index contributed by atoms with van der Waals surface area (Å²) in [5.41, 5.74) is 0. The van der Waals surface area contributed by atoms with Gasteiger partial charge in [-0.1, -0.05) is 0 Å². The molecule has 52 valence electrons. The number of ether oxygens (including phenoxy) is 1. The predicted octanol–water partition coefficient (Wildman–Crippen LogP) is 0.907. The first-order valence-corrected chi connectivity index (χ1v) is 2.96. The van der Waals surface area contributed by atoms with Crippen LogP contribution in [0.4, 0.5) is 4.39 Å². The van der Waals surface area contributed by atoms with Crippen LogP contribution in [0, 0.1) is 5.92 Å². The molecule has 0 heterocycles. The molecule has 0 radical (unpaired) electrons. The van der Waals surface area contributed by atoms with Crippen LogP contribution >= 0.6 is 0 Å². The molecule has 1 aliphatic rings. The van der Waals surface area contributed by atoms with Crippen LogP contribution in [0.1, 0.15) is 12.8 Å². The van der Waals surface area contributed by atoms with E-state index >= 15 is 0 Å². The van der Waals surface area contributed by atoms with Crippen LogP contribution in [-0.4, -0.2) is 19.3 Å². The van der Waals surface area contributed by atoms with Crippen LogP contribution in [0.15, 0.2) is 0 Å². The second-order valence-corrected chi connectivity index (χ2v) is 2.29. The van der Waals surface area contributed by atoms with Crippen molar-refractivity contribution in [3.8, 4) is 0 Å². The summed E-state index contributed by atoms with van der Waals surface area (Å²) >= 11 is 0. The standard InChI is InChI=1S/C6H9FO2/c1-9-6(8)4-2-5(7)3-4/h4-5H,2-3H2,1H3. The van der Waals surface area contributed by atoms with Crippen LogP contribution in [0.5, 0.6) is 0 Å². The molecule has 0 bridgehead atoms. The maximum atomic E-state index is 12.1. The van der Waals surface area contributed by atoms with Gasteiger partial charge in [0.2, 0.25) is 0 Å². The molecule has 0 aromatic rings. The number of esters is 1. The smallest absolute Gasteiger partial charge is 0.308 e. The van der Waals surface area contributed by atoms with E-state index in [4.69, 9.17) is 0 Å². The van der Waals surface area contributed by atoms with E-state index in [0.717, 1.165) is 0 Å². The minimum Gasteiger partial charge on any atom is -0.469 e. The molecule has 1 fully saturated rings. The average molecular weight is 132 g/mol. The molecular weight excluding hydrogens is 123 g/mol. The van der Waals surface area contributed by atoms with Gasteiger partial charge in [0.15, 0.2) is 0 Å². The summed E-state index contributed by atoms with van der Waals surface area (Å²) in [6.07, 6.45) is -0.0617. The minimum absolute atomic E-state index is 0.162. The van der Waals surface area contributed by atoms with Crippen molar-refractivity contribution in [1.82, 2.24) is 0 Å². The summed E-state index contributed by atoms with van der Waals surface area (Å²) in [5, 5.41) is 0. The third-order valence-corrected chi connectivity index (χ3v) is 1.62. The third-order valence-electron chi connectivity index (χ3n) is 1.62. The van der Waals surface area contributed by atoms with Crippen LogP contribution < -0.4 is 0 Å². The van der Waals surface area contributed by atoms with E-state index in [2.05, 4.69) is 4.74 Å². The zero-order valence-corrected chi connectivity index (χ0v) is 5.26. The molecule has 0 aromatic heterocycles. The highest BCUT2D eigenvalue weighted by Gasteiger charge is 2.35. The lowest BCUT2D eigenvalue weighted by Crippen LogP contribution is -2.32. The van der Waals surface area contributed by atoms with Gasteiger partial charge in [-0.2, -0.15) is 0 Å². The Bertz CT molecular complexity index is 118. The summed E-state index contributed by atoms with van der Waals surface area (Å²) in [4.78, 5) is 10.6. The number of methoxy groups -OCH3 is 1. The van der Waals surface area contributed by atoms with Gasteiger partial charge < -0.3 is 4.74 Å². The molecule has 0 spiro atoms. The molecule has 1 saturated carbocycles. The van der Waals surface area contributed by atoms with E-state index in [0.29, 0.717) is 12.8 Å². The topological polar surface area (TPSA) is 26.3 Å². The van der Waals surface area contributed by atoms with Gasteiger partial charge in [0, 0.05) is 0 Å². The Kier molecular flexibility index (Phi) is 1.69. The summed E-state index contributed by atoms with van der Waals surface area (Å²) < 4.78 is 16.5. The van der Waals surface area contributed by atoms with Crippen LogP contribution in [0.2, 0.25) is 0 Å². The van der Waals surface area contributed by atoms with Crippen molar-refractivity contribution < 1.29 is 13.9 Å². The fourth-order valence-electron chi connectivity index (χ4n) is 0.908. The van der Waals surface area contributed by atoms with Gasteiger partial charge in [-0.3, -0.25) is 4.79 Å². The lowest BCUT2D eigenvalue weighted by Gasteiger charge is -2.26. The Morgan fingerprint density at radius 2 is 2.22 bits per heavy atom. The Balaban J connectivity index is 2.23. The van der Waals surface area contributed by atoms with Crippen molar-refractivity contribution in [2.24, 2.45) is 5.92 Å². The second kappa shape index (κ2) is 2.33. The van der Waals surface area contributed by atoms with Gasteiger partial charge >= 0.3 is 5.97 Å². The van der Waals surface area contributed by atoms with Gasteiger partial charge in [-0.15, -0.1) is 0 Å². The minimum atomic E-state index is -0.769. The quantitative estimate of drug-likeness (QED) is 0.495. The summed E-state index contributed by atoms with van der Waals surface area (Å²) in [6, 6.07) is 0. The normalized spacial score (nSPS) is 33.1. The zero-order chi connectivity index (χ0) is 6.85. The van der Waals surface area contributed by atoms with Gasteiger partial charge in [0.1, 0.15) is 6.17 Å². The van der Waals surface area contributed by atoms with E-state index in [1.165, 1.54) is 7.11 Å². The van der Waals surface area contributed by atoms with E-state index in [1.807, 2.05) is 0 Å². The fraction of sp³-hybridized carbons (Fsp3) is 0.833. The van der Waals surface area contributed by atoms with Gasteiger partial charge in [0.05, 0.1) is 13.0 Å². The Labute approximate surface area is 53.0 Å². The molecule has 1 aliphatic carbocycles. The molecule has 0 unspecified atom stereocenters. The van der Waals surface area contributed by atoms with E-state index in [1.54, 1.807) is 0 Å². The number of halogens is 1. The first kappa shape index (κ1) is 6.52. The number of hydrogen-bond acceptors (Lipinski definition) is 2. The molecule has 9 heavy (non-hydrogen) atoms. The molecule has 0 N–H and O–H groups in total. The molecular formula is C6H9FO2. The maximum absolute atomic E-state index is 12.1. The largest absolute Gasteiger partial charge is 0.469 e. The van der Waals surface area contributed by atoms with Crippen molar-refractivity contribution in [2.75, 3.05) is 7.11 Å². The fourth-order valence-corrected chi connectivity index (χ4v) is 0.908. The molecule has 2 nitrogen and oxygen atoms in total. The monoisotopic (exact) mass is 132 g/mol. The van der Waals surface area contributed by atoms with Crippen LogP contribution in [-0.2, 0) is 9.53 Å². The Morgan fingerprint density at radius 3 is 2.56 bits per heavy atom. The van der Waals surface area contributed by atoms with Crippen LogP contribution in [0.25, 0.3) is 0 Å². The molecule has 3 heteroatoms. The Hall–Kier alpha value is -0.600. The van der Waals surface area contributed by atoms with E-state index < -0.39 is 6.17 Å². The van der Waals surface area contributed by atoms with Crippen molar-refractivity contribution in [3.63, 3.8) is 0 Å². The molecule has 0 aromatic carbocycles. The van der Waals surface area contributed by atoms with E-state index in [-0.39, 0.29) is 11.9 Å². The number of alkyl halides is 1. The summed E-state index contributed by atoms with van der Waals surface area (Å²) in [6.45, 7) is 0. The Morgan fingerprint density at radius 1 is 1.67 bits per heavy atom. The van der Waals surface area contributed by atoms with Gasteiger partial charge in [-0.05, 0) is 12.8 Å². The van der Waals surface area contributed by atoms with Crippen molar-refractivity contribution in [3.05, 3.63) is 0 Å². The highest BCUT2D eigenvalue weighted by Crippen LogP contribution is 2.30. The molecule has 1 rings (SSSR count). The highest BCUT2D eigenvalue weighted by molar-refractivity contribution is 5.73. The summed E-state index contributed by atoms with van der Waals surface area (Å²) in [7, 11) is 1.33. The number of carbonyl (C=O) groups is 1. The van der Waals surface area contributed by atoms with E-state index in [9.17, 15) is 9.18 Å². The molecule has 0 atom stereocenters. The highest BCUT2D eigenvalue weighted by atomic mass is 19.1. The predicted molar refractivity (Wildman–Crippen MR) is 29.6 cm³/mol. The van der Waals surface area contributed by atoms with Crippen LogP contribution in [0.3, 0.4) is 0 Å². The first-order chi connectivity index (χ1) is 4.24. The molecule has 0 aliphatic heterocycles. The third kappa shape index (κ3) is 1.20. The number of hydrogen-bond donors (Lipinski definition) is 0. The van der Waals surface area contributed by atoms with Crippen molar-refractivity contribution in [1.29, 1.82) is 0 Å². The van der Waals surface area contributed by atoms with Crippen molar-refractivity contribution in [2.45, 2.75) is 19.0 Å². The lowest BCUT2D eigenvalue weighted by molar-refractivity contribution is -0.150.